The molecule has 2 saturated heterocycles. The number of carbonyl (C=O) groups is 2. The van der Waals surface area contributed by atoms with Crippen LogP contribution in [0.2, 0.25) is 0 Å². The normalized spacial score (nSPS) is 24.0. The second kappa shape index (κ2) is 6.70. The zero-order valence-electron chi connectivity index (χ0n) is 15.5. The van der Waals surface area contributed by atoms with Crippen LogP contribution in [0.5, 0.6) is 0 Å². The molecule has 0 bridgehead atoms. The Morgan fingerprint density at radius 3 is 2.56 bits per heavy atom. The Hall–Kier alpha value is -2.04. The second-order valence-electron chi connectivity index (χ2n) is 8.25. The van der Waals surface area contributed by atoms with Gasteiger partial charge in [-0.3, -0.25) is 4.79 Å². The molecule has 1 aromatic rings. The molecule has 5 nitrogen and oxygen atoms in total. The summed E-state index contributed by atoms with van der Waals surface area (Å²) in [5, 5.41) is 0. The van der Waals surface area contributed by atoms with E-state index in [9.17, 15) is 9.59 Å². The van der Waals surface area contributed by atoms with Crippen LogP contribution >= 0.6 is 0 Å². The highest BCUT2D eigenvalue weighted by atomic mass is 16.6. The van der Waals surface area contributed by atoms with E-state index in [0.29, 0.717) is 19.6 Å². The molecule has 136 valence electrons. The first kappa shape index (κ1) is 17.8. The number of piperidine rings is 1. The van der Waals surface area contributed by atoms with Crippen molar-refractivity contribution in [2.75, 3.05) is 19.6 Å². The fourth-order valence-electron chi connectivity index (χ4n) is 3.84. The number of ether oxygens (including phenoxy) is 1. The maximum atomic E-state index is 13.1. The Balaban J connectivity index is 1.67. The van der Waals surface area contributed by atoms with E-state index >= 15 is 0 Å². The molecule has 2 amide bonds. The molecule has 0 aromatic heterocycles. The van der Waals surface area contributed by atoms with Gasteiger partial charge in [0.2, 0.25) is 5.91 Å². The molecule has 1 atom stereocenters. The maximum Gasteiger partial charge on any atom is 0.410 e. The van der Waals surface area contributed by atoms with E-state index in [0.717, 1.165) is 31.4 Å². The summed E-state index contributed by atoms with van der Waals surface area (Å²) in [6.07, 6.45) is 2.22. The number of benzene rings is 1. The zero-order valence-corrected chi connectivity index (χ0v) is 15.5. The zero-order chi connectivity index (χ0) is 18.1. The van der Waals surface area contributed by atoms with Crippen molar-refractivity contribution in [1.82, 2.24) is 9.80 Å². The average Bonchev–Trinajstić information content (AvgIpc) is 2.84. The van der Waals surface area contributed by atoms with Crippen LogP contribution in [0.1, 0.15) is 45.6 Å². The van der Waals surface area contributed by atoms with Crippen LogP contribution in [-0.4, -0.2) is 47.0 Å². The fourth-order valence-corrected chi connectivity index (χ4v) is 3.84. The van der Waals surface area contributed by atoms with Gasteiger partial charge in [0.25, 0.3) is 0 Å². The van der Waals surface area contributed by atoms with Gasteiger partial charge in [-0.15, -0.1) is 0 Å². The van der Waals surface area contributed by atoms with Gasteiger partial charge in [0.1, 0.15) is 5.60 Å². The summed E-state index contributed by atoms with van der Waals surface area (Å²) < 4.78 is 5.50. The van der Waals surface area contributed by atoms with Crippen molar-refractivity contribution in [2.45, 2.75) is 52.2 Å². The number of likely N-dealkylation sites (tertiary alicyclic amines) is 2. The first-order valence-electron chi connectivity index (χ1n) is 9.10. The Labute approximate surface area is 149 Å². The van der Waals surface area contributed by atoms with Crippen LogP contribution in [0.4, 0.5) is 4.79 Å². The van der Waals surface area contributed by atoms with E-state index in [4.69, 9.17) is 4.74 Å². The maximum absolute atomic E-state index is 13.1. The number of hydrogen-bond acceptors (Lipinski definition) is 3. The minimum Gasteiger partial charge on any atom is -0.444 e. The van der Waals surface area contributed by atoms with Gasteiger partial charge in [-0.1, -0.05) is 30.3 Å². The highest BCUT2D eigenvalue weighted by molar-refractivity contribution is 5.86. The highest BCUT2D eigenvalue weighted by Gasteiger charge is 2.49. The Morgan fingerprint density at radius 2 is 1.88 bits per heavy atom. The summed E-state index contributed by atoms with van der Waals surface area (Å²) in [5.74, 6) is 0.185. The van der Waals surface area contributed by atoms with Crippen LogP contribution < -0.4 is 0 Å². The largest absolute Gasteiger partial charge is 0.444 e. The molecule has 2 aliphatic heterocycles. The lowest BCUT2D eigenvalue weighted by atomic mass is 9.78. The quantitative estimate of drug-likeness (QED) is 0.826. The molecule has 1 spiro atoms. The lowest BCUT2D eigenvalue weighted by molar-refractivity contribution is -0.139. The second-order valence-corrected chi connectivity index (χ2v) is 8.25. The van der Waals surface area contributed by atoms with E-state index in [-0.39, 0.29) is 12.0 Å². The SMILES string of the molecule is CC(C)(C)OC(=O)N1CCC[C@]2(CCN(Cc3ccccc3)C2=O)C1. The standard InChI is InChI=1S/C20H28N2O3/c1-19(2,3)25-18(24)22-12-7-10-20(15-22)11-13-21(17(20)23)14-16-8-5-4-6-9-16/h4-6,8-9H,7,10-15H2,1-3H3/t20-/m0/s1. The number of rotatable bonds is 2. The van der Waals surface area contributed by atoms with E-state index in [2.05, 4.69) is 0 Å². The van der Waals surface area contributed by atoms with Crippen molar-refractivity contribution in [3.05, 3.63) is 35.9 Å². The molecule has 5 heteroatoms. The Kier molecular flexibility index (Phi) is 4.76. The summed E-state index contributed by atoms with van der Waals surface area (Å²) in [5.41, 5.74) is 0.206. The average molecular weight is 344 g/mol. The molecule has 0 N–H and O–H groups in total. The smallest absolute Gasteiger partial charge is 0.410 e. The third-order valence-electron chi connectivity index (χ3n) is 5.05. The van der Waals surface area contributed by atoms with E-state index in [1.807, 2.05) is 56.0 Å². The molecule has 0 radical (unpaired) electrons. The summed E-state index contributed by atoms with van der Waals surface area (Å²) >= 11 is 0. The molecule has 25 heavy (non-hydrogen) atoms. The van der Waals surface area contributed by atoms with Crippen molar-refractivity contribution >= 4 is 12.0 Å². The summed E-state index contributed by atoms with van der Waals surface area (Å²) in [6, 6.07) is 10.1. The van der Waals surface area contributed by atoms with Crippen LogP contribution in [0.25, 0.3) is 0 Å². The summed E-state index contributed by atoms with van der Waals surface area (Å²) in [6.45, 7) is 8.16. The van der Waals surface area contributed by atoms with Gasteiger partial charge in [0.15, 0.2) is 0 Å². The Bertz CT molecular complexity index is 638. The highest BCUT2D eigenvalue weighted by Crippen LogP contribution is 2.41. The lowest BCUT2D eigenvalue weighted by Crippen LogP contribution is -2.50. The van der Waals surface area contributed by atoms with E-state index in [1.165, 1.54) is 0 Å². The lowest BCUT2D eigenvalue weighted by Gasteiger charge is -2.39. The molecular weight excluding hydrogens is 316 g/mol. The fraction of sp³-hybridized carbons (Fsp3) is 0.600. The monoisotopic (exact) mass is 344 g/mol. The predicted octanol–water partition coefficient (Wildman–Crippen LogP) is 3.44. The van der Waals surface area contributed by atoms with Crippen LogP contribution in [0, 0.1) is 5.41 Å². The molecule has 0 aliphatic carbocycles. The number of carbonyl (C=O) groups excluding carboxylic acids is 2. The van der Waals surface area contributed by atoms with Crippen LogP contribution in [0.15, 0.2) is 30.3 Å². The van der Waals surface area contributed by atoms with Crippen molar-refractivity contribution in [3.63, 3.8) is 0 Å². The minimum absolute atomic E-state index is 0.185. The molecule has 2 heterocycles. The van der Waals surface area contributed by atoms with E-state index < -0.39 is 11.0 Å². The molecule has 0 unspecified atom stereocenters. The van der Waals surface area contributed by atoms with Gasteiger partial charge in [0, 0.05) is 26.2 Å². The van der Waals surface area contributed by atoms with Gasteiger partial charge in [-0.25, -0.2) is 4.79 Å². The van der Waals surface area contributed by atoms with Gasteiger partial charge in [-0.05, 0) is 45.6 Å². The number of amides is 2. The van der Waals surface area contributed by atoms with Crippen molar-refractivity contribution in [1.29, 1.82) is 0 Å². The van der Waals surface area contributed by atoms with E-state index in [1.54, 1.807) is 4.90 Å². The van der Waals surface area contributed by atoms with Gasteiger partial charge < -0.3 is 14.5 Å². The molecule has 1 aromatic carbocycles. The van der Waals surface area contributed by atoms with Gasteiger partial charge >= 0.3 is 6.09 Å². The molecule has 2 aliphatic rings. The first-order chi connectivity index (χ1) is 11.8. The van der Waals surface area contributed by atoms with Crippen LogP contribution in [-0.2, 0) is 16.1 Å². The first-order valence-corrected chi connectivity index (χ1v) is 9.10. The van der Waals surface area contributed by atoms with Crippen molar-refractivity contribution in [3.8, 4) is 0 Å². The van der Waals surface area contributed by atoms with Crippen molar-refractivity contribution in [2.24, 2.45) is 5.41 Å². The number of hydrogen-bond donors (Lipinski definition) is 0. The Morgan fingerprint density at radius 1 is 1.16 bits per heavy atom. The minimum atomic E-state index is -0.513. The molecule has 0 saturated carbocycles. The van der Waals surface area contributed by atoms with Gasteiger partial charge in [-0.2, -0.15) is 0 Å². The molecular formula is C20H28N2O3. The van der Waals surface area contributed by atoms with Crippen molar-refractivity contribution < 1.29 is 14.3 Å². The van der Waals surface area contributed by atoms with Gasteiger partial charge in [0.05, 0.1) is 5.41 Å². The van der Waals surface area contributed by atoms with Crippen LogP contribution in [0.3, 0.4) is 0 Å². The summed E-state index contributed by atoms with van der Waals surface area (Å²) in [7, 11) is 0. The summed E-state index contributed by atoms with van der Waals surface area (Å²) in [4.78, 5) is 29.2. The molecule has 2 fully saturated rings. The third kappa shape index (κ3) is 3.97. The third-order valence-corrected chi connectivity index (χ3v) is 5.05. The number of nitrogens with zero attached hydrogens (tertiary/aromatic N) is 2. The molecule has 3 rings (SSSR count). The topological polar surface area (TPSA) is 49.9 Å². The predicted molar refractivity (Wildman–Crippen MR) is 96.0 cm³/mol.